The van der Waals surface area contributed by atoms with Crippen LogP contribution in [-0.4, -0.2) is 35.0 Å². The fraction of sp³-hybridized carbons (Fsp3) is 0.909. The average molecular weight is 212 g/mol. The molecule has 4 nitrogen and oxygen atoms in total. The van der Waals surface area contributed by atoms with Gasteiger partial charge in [-0.25, -0.2) is 0 Å². The van der Waals surface area contributed by atoms with Crippen molar-refractivity contribution in [2.45, 2.75) is 44.2 Å². The summed E-state index contributed by atoms with van der Waals surface area (Å²) in [4.78, 5) is 0. The first-order valence-electron chi connectivity index (χ1n) is 5.54. The molecule has 0 saturated heterocycles. The Bertz CT molecular complexity index is 233. The molecule has 1 rings (SSSR count). The molecule has 2 unspecified atom stereocenters. The Kier molecular flexibility index (Phi) is 4.52. The van der Waals surface area contributed by atoms with Crippen LogP contribution in [0.5, 0.6) is 0 Å². The predicted octanol–water partition coefficient (Wildman–Crippen LogP) is 0.402. The minimum Gasteiger partial charge on any atom is -0.394 e. The molecule has 0 radical (unpaired) electrons. The van der Waals surface area contributed by atoms with Crippen LogP contribution < -0.4 is 5.32 Å². The lowest BCUT2D eigenvalue weighted by molar-refractivity contribution is 0.0826. The van der Waals surface area contributed by atoms with E-state index in [1.165, 1.54) is 0 Å². The number of hydrogen-bond donors (Lipinski definition) is 3. The Morgan fingerprint density at radius 3 is 2.47 bits per heavy atom. The Morgan fingerprint density at radius 1 is 1.33 bits per heavy atom. The van der Waals surface area contributed by atoms with Crippen LogP contribution in [0.4, 0.5) is 0 Å². The van der Waals surface area contributed by atoms with Crippen LogP contribution >= 0.6 is 0 Å². The summed E-state index contributed by atoms with van der Waals surface area (Å²) in [5, 5.41) is 30.5. The third-order valence-electron chi connectivity index (χ3n) is 3.16. The normalized spacial score (nSPS) is 27.3. The lowest BCUT2D eigenvalue weighted by Crippen LogP contribution is -2.56. The van der Waals surface area contributed by atoms with E-state index in [1.807, 2.05) is 0 Å². The van der Waals surface area contributed by atoms with Crippen LogP contribution in [0.15, 0.2) is 0 Å². The quantitative estimate of drug-likeness (QED) is 0.630. The van der Waals surface area contributed by atoms with E-state index in [4.69, 9.17) is 15.5 Å². The molecule has 0 aliphatic heterocycles. The second-order valence-electron chi connectivity index (χ2n) is 4.65. The molecule has 0 heterocycles. The maximum Gasteiger partial charge on any atom is 0.0672 e. The molecule has 0 bridgehead atoms. The first-order chi connectivity index (χ1) is 7.15. The summed E-state index contributed by atoms with van der Waals surface area (Å²) in [6.45, 7) is 1.55. The van der Waals surface area contributed by atoms with Crippen LogP contribution in [0.2, 0.25) is 0 Å². The Morgan fingerprint density at radius 2 is 1.93 bits per heavy atom. The van der Waals surface area contributed by atoms with E-state index < -0.39 is 5.54 Å². The van der Waals surface area contributed by atoms with E-state index >= 15 is 0 Å². The second kappa shape index (κ2) is 5.45. The van der Waals surface area contributed by atoms with Crippen LogP contribution in [0.25, 0.3) is 0 Å². The predicted molar refractivity (Wildman–Crippen MR) is 57.1 cm³/mol. The Hall–Kier alpha value is -0.630. The zero-order valence-electron chi connectivity index (χ0n) is 9.24. The molecule has 2 atom stereocenters. The number of nitrogens with one attached hydrogen (secondary N) is 1. The van der Waals surface area contributed by atoms with Gasteiger partial charge in [0.05, 0.1) is 30.7 Å². The van der Waals surface area contributed by atoms with Crippen molar-refractivity contribution in [3.05, 3.63) is 0 Å². The molecule has 1 saturated carbocycles. The highest BCUT2D eigenvalue weighted by molar-refractivity contribution is 4.98. The molecule has 1 aliphatic rings. The average Bonchev–Trinajstić information content (AvgIpc) is 2.29. The van der Waals surface area contributed by atoms with Gasteiger partial charge >= 0.3 is 0 Å². The van der Waals surface area contributed by atoms with Crippen molar-refractivity contribution in [3.8, 4) is 6.07 Å². The van der Waals surface area contributed by atoms with Gasteiger partial charge in [0, 0.05) is 6.04 Å². The van der Waals surface area contributed by atoms with Gasteiger partial charge in [-0.3, -0.25) is 0 Å². The van der Waals surface area contributed by atoms with Gasteiger partial charge in [-0.05, 0) is 19.8 Å². The number of hydrogen-bond acceptors (Lipinski definition) is 4. The summed E-state index contributed by atoms with van der Waals surface area (Å²) in [5.74, 6) is 0.0103. The minimum atomic E-state index is -0.670. The van der Waals surface area contributed by atoms with E-state index in [0.29, 0.717) is 0 Å². The number of rotatable bonds is 4. The van der Waals surface area contributed by atoms with Crippen molar-refractivity contribution in [2.75, 3.05) is 13.2 Å². The van der Waals surface area contributed by atoms with Crippen molar-refractivity contribution in [3.63, 3.8) is 0 Å². The van der Waals surface area contributed by atoms with E-state index in [9.17, 15) is 0 Å². The Labute approximate surface area is 90.9 Å². The van der Waals surface area contributed by atoms with Gasteiger partial charge in [0.2, 0.25) is 0 Å². The SMILES string of the molecule is CC(CO)(CO)NC1CCCCC1C#N. The maximum absolute atomic E-state index is 9.17. The summed E-state index contributed by atoms with van der Waals surface area (Å²) < 4.78 is 0. The standard InChI is InChI=1S/C11H20N2O2/c1-11(7-14,8-15)13-10-5-3-2-4-9(10)6-12/h9-10,13-15H,2-5,7-8H2,1H3. The van der Waals surface area contributed by atoms with Gasteiger partial charge in [0.15, 0.2) is 0 Å². The van der Waals surface area contributed by atoms with Crippen LogP contribution in [0.3, 0.4) is 0 Å². The molecule has 0 aromatic carbocycles. The molecule has 1 aliphatic carbocycles. The van der Waals surface area contributed by atoms with Gasteiger partial charge in [0.25, 0.3) is 0 Å². The van der Waals surface area contributed by atoms with Crippen LogP contribution in [-0.2, 0) is 0 Å². The third kappa shape index (κ3) is 3.16. The third-order valence-corrected chi connectivity index (χ3v) is 3.16. The summed E-state index contributed by atoms with van der Waals surface area (Å²) in [7, 11) is 0. The van der Waals surface area contributed by atoms with E-state index in [-0.39, 0.29) is 25.2 Å². The highest BCUT2D eigenvalue weighted by Gasteiger charge is 2.31. The number of aliphatic hydroxyl groups excluding tert-OH is 2. The fourth-order valence-corrected chi connectivity index (χ4v) is 2.05. The van der Waals surface area contributed by atoms with Crippen LogP contribution in [0, 0.1) is 17.2 Å². The molecule has 15 heavy (non-hydrogen) atoms. The largest absolute Gasteiger partial charge is 0.394 e. The highest BCUT2D eigenvalue weighted by atomic mass is 16.3. The molecule has 1 fully saturated rings. The number of nitriles is 1. The van der Waals surface area contributed by atoms with Crippen molar-refractivity contribution >= 4 is 0 Å². The van der Waals surface area contributed by atoms with Crippen molar-refractivity contribution < 1.29 is 10.2 Å². The molecular weight excluding hydrogens is 192 g/mol. The lowest BCUT2D eigenvalue weighted by Gasteiger charge is -2.36. The zero-order valence-corrected chi connectivity index (χ0v) is 9.24. The monoisotopic (exact) mass is 212 g/mol. The van der Waals surface area contributed by atoms with Crippen molar-refractivity contribution in [1.29, 1.82) is 5.26 Å². The molecule has 0 amide bonds. The van der Waals surface area contributed by atoms with E-state index in [2.05, 4.69) is 11.4 Å². The summed E-state index contributed by atoms with van der Waals surface area (Å²) in [6, 6.07) is 2.40. The molecule has 4 heteroatoms. The summed E-state index contributed by atoms with van der Waals surface area (Å²) in [6.07, 6.45) is 4.09. The molecule has 3 N–H and O–H groups in total. The fourth-order valence-electron chi connectivity index (χ4n) is 2.05. The number of nitrogens with zero attached hydrogens (tertiary/aromatic N) is 1. The van der Waals surface area contributed by atoms with Crippen molar-refractivity contribution in [2.24, 2.45) is 5.92 Å². The molecule has 0 aromatic rings. The maximum atomic E-state index is 9.17. The first-order valence-corrected chi connectivity index (χ1v) is 5.54. The van der Waals surface area contributed by atoms with Gasteiger partial charge in [-0.15, -0.1) is 0 Å². The van der Waals surface area contributed by atoms with Crippen molar-refractivity contribution in [1.82, 2.24) is 5.32 Å². The molecular formula is C11H20N2O2. The van der Waals surface area contributed by atoms with E-state index in [0.717, 1.165) is 25.7 Å². The molecule has 0 aromatic heterocycles. The van der Waals surface area contributed by atoms with Crippen LogP contribution in [0.1, 0.15) is 32.6 Å². The van der Waals surface area contributed by atoms with E-state index in [1.54, 1.807) is 6.92 Å². The van der Waals surface area contributed by atoms with Gasteiger partial charge in [0.1, 0.15) is 0 Å². The zero-order chi connectivity index (χ0) is 11.3. The molecule has 0 spiro atoms. The number of aliphatic hydroxyl groups is 2. The highest BCUT2D eigenvalue weighted by Crippen LogP contribution is 2.25. The first kappa shape index (κ1) is 12.4. The second-order valence-corrected chi connectivity index (χ2v) is 4.65. The Balaban J connectivity index is 2.58. The molecule has 86 valence electrons. The summed E-state index contributed by atoms with van der Waals surface area (Å²) in [5.41, 5.74) is -0.670. The van der Waals surface area contributed by atoms with Gasteiger partial charge in [-0.2, -0.15) is 5.26 Å². The minimum absolute atomic E-state index is 0.0103. The van der Waals surface area contributed by atoms with Gasteiger partial charge in [-0.1, -0.05) is 12.8 Å². The summed E-state index contributed by atoms with van der Waals surface area (Å²) >= 11 is 0. The van der Waals surface area contributed by atoms with Gasteiger partial charge < -0.3 is 15.5 Å². The topological polar surface area (TPSA) is 76.3 Å². The lowest BCUT2D eigenvalue weighted by atomic mass is 9.84. The smallest absolute Gasteiger partial charge is 0.0672 e.